The van der Waals surface area contributed by atoms with E-state index in [2.05, 4.69) is 4.98 Å². The molecule has 2 aromatic rings. The fourth-order valence-electron chi connectivity index (χ4n) is 1.21. The first-order valence-electron chi connectivity index (χ1n) is 4.21. The lowest BCUT2D eigenvalue weighted by atomic mass is 10.4. The van der Waals surface area contributed by atoms with Crippen LogP contribution in [0, 0.1) is 0 Å². The lowest BCUT2D eigenvalue weighted by molar-refractivity contribution is 0.0702. The van der Waals surface area contributed by atoms with Gasteiger partial charge in [0.25, 0.3) is 0 Å². The molecule has 0 saturated heterocycles. The molecule has 0 fully saturated rings. The third kappa shape index (κ3) is 1.91. The predicted molar refractivity (Wildman–Crippen MR) is 59.7 cm³/mol. The largest absolute Gasteiger partial charge is 0.477 e. The number of carboxylic acids is 1. The van der Waals surface area contributed by atoms with E-state index in [-0.39, 0.29) is 9.77 Å². The Bertz CT molecular complexity index is 672. The van der Waals surface area contributed by atoms with E-state index in [1.807, 2.05) is 0 Å². The van der Waals surface area contributed by atoms with Crippen LogP contribution in [0.1, 0.15) is 9.67 Å². The van der Waals surface area contributed by atoms with Crippen LogP contribution in [0.5, 0.6) is 0 Å². The zero-order valence-electron chi connectivity index (χ0n) is 8.17. The number of sulfone groups is 1. The molecule has 84 valence electrons. The van der Waals surface area contributed by atoms with Gasteiger partial charge in [-0.25, -0.2) is 13.2 Å². The van der Waals surface area contributed by atoms with Crippen LogP contribution >= 0.6 is 11.3 Å². The number of hydrogen-bond acceptors (Lipinski definition) is 5. The fraction of sp³-hybridized carbons (Fsp3) is 0.111. The number of carbonyl (C=O) groups is 1. The highest BCUT2D eigenvalue weighted by molar-refractivity contribution is 7.90. The molecular weight excluding hydrogens is 250 g/mol. The number of hydrogen-bond donors (Lipinski definition) is 1. The van der Waals surface area contributed by atoms with Crippen molar-refractivity contribution >= 4 is 37.4 Å². The van der Waals surface area contributed by atoms with E-state index >= 15 is 0 Å². The van der Waals surface area contributed by atoms with E-state index in [9.17, 15) is 13.2 Å². The third-order valence-corrected chi connectivity index (χ3v) is 4.12. The standard InChI is InChI=1S/C9H7NO4S2/c1-16(13,14)5-2-7-6(10-4-5)3-8(15-7)9(11)12/h2-4H,1H3,(H,11,12). The molecule has 7 heteroatoms. The van der Waals surface area contributed by atoms with Gasteiger partial charge in [-0.2, -0.15) is 0 Å². The van der Waals surface area contributed by atoms with E-state index in [1.165, 1.54) is 18.3 Å². The number of rotatable bonds is 2. The summed E-state index contributed by atoms with van der Waals surface area (Å²) in [6.07, 6.45) is 2.32. The average Bonchev–Trinajstić information content (AvgIpc) is 2.58. The van der Waals surface area contributed by atoms with Gasteiger partial charge in [0.15, 0.2) is 9.84 Å². The molecule has 0 unspecified atom stereocenters. The lowest BCUT2D eigenvalue weighted by Gasteiger charge is -1.96. The Morgan fingerprint density at radius 1 is 1.44 bits per heavy atom. The van der Waals surface area contributed by atoms with Crippen LogP contribution in [-0.2, 0) is 9.84 Å². The molecule has 2 rings (SSSR count). The molecule has 0 atom stereocenters. The number of pyridine rings is 1. The maximum Gasteiger partial charge on any atom is 0.345 e. The van der Waals surface area contributed by atoms with Crippen LogP contribution in [-0.4, -0.2) is 30.7 Å². The fourth-order valence-corrected chi connectivity index (χ4v) is 2.76. The molecule has 0 saturated carbocycles. The van der Waals surface area contributed by atoms with Gasteiger partial charge in [0.1, 0.15) is 4.88 Å². The van der Waals surface area contributed by atoms with Crippen molar-refractivity contribution in [1.82, 2.24) is 4.98 Å². The predicted octanol–water partition coefficient (Wildman–Crippen LogP) is 1.40. The number of carboxylic acid groups (broad SMARTS) is 1. The molecule has 0 bridgehead atoms. The van der Waals surface area contributed by atoms with Crippen LogP contribution in [0.3, 0.4) is 0 Å². The summed E-state index contributed by atoms with van der Waals surface area (Å²) in [4.78, 5) is 14.9. The molecule has 5 nitrogen and oxygen atoms in total. The minimum absolute atomic E-state index is 0.0961. The first kappa shape index (κ1) is 11.0. The van der Waals surface area contributed by atoms with Gasteiger partial charge in [-0.15, -0.1) is 11.3 Å². The van der Waals surface area contributed by atoms with Crippen molar-refractivity contribution in [1.29, 1.82) is 0 Å². The van der Waals surface area contributed by atoms with Crippen molar-refractivity contribution in [3.8, 4) is 0 Å². The Hall–Kier alpha value is -1.47. The Morgan fingerprint density at radius 3 is 2.69 bits per heavy atom. The smallest absolute Gasteiger partial charge is 0.345 e. The highest BCUT2D eigenvalue weighted by atomic mass is 32.2. The molecule has 0 amide bonds. The van der Waals surface area contributed by atoms with Gasteiger partial charge in [0.2, 0.25) is 0 Å². The van der Waals surface area contributed by atoms with Crippen molar-refractivity contribution in [3.05, 3.63) is 23.2 Å². The van der Waals surface area contributed by atoms with Gasteiger partial charge < -0.3 is 5.11 Å². The topological polar surface area (TPSA) is 84.3 Å². The number of aromatic nitrogens is 1. The average molecular weight is 257 g/mol. The van der Waals surface area contributed by atoms with E-state index < -0.39 is 15.8 Å². The minimum Gasteiger partial charge on any atom is -0.477 e. The first-order chi connectivity index (χ1) is 7.38. The van der Waals surface area contributed by atoms with Gasteiger partial charge in [0.05, 0.1) is 15.1 Å². The van der Waals surface area contributed by atoms with Crippen molar-refractivity contribution in [2.45, 2.75) is 4.90 Å². The number of nitrogens with zero attached hydrogens (tertiary/aromatic N) is 1. The molecule has 2 heterocycles. The number of fused-ring (bicyclic) bond motifs is 1. The van der Waals surface area contributed by atoms with Crippen molar-refractivity contribution in [2.75, 3.05) is 6.26 Å². The quantitative estimate of drug-likeness (QED) is 0.879. The molecule has 2 aromatic heterocycles. The summed E-state index contributed by atoms with van der Waals surface area (Å²) < 4.78 is 23.1. The minimum atomic E-state index is -3.31. The van der Waals surface area contributed by atoms with Gasteiger partial charge in [-0.3, -0.25) is 4.98 Å². The second-order valence-electron chi connectivity index (χ2n) is 3.24. The van der Waals surface area contributed by atoms with Gasteiger partial charge in [-0.1, -0.05) is 0 Å². The van der Waals surface area contributed by atoms with Crippen molar-refractivity contribution in [3.63, 3.8) is 0 Å². The second kappa shape index (κ2) is 3.53. The zero-order chi connectivity index (χ0) is 11.9. The van der Waals surface area contributed by atoms with Crippen LogP contribution in [0.4, 0.5) is 0 Å². The van der Waals surface area contributed by atoms with Crippen LogP contribution < -0.4 is 0 Å². The Kier molecular flexibility index (Phi) is 2.43. The molecule has 0 aliphatic heterocycles. The monoisotopic (exact) mass is 257 g/mol. The molecule has 1 N–H and O–H groups in total. The molecule has 0 radical (unpaired) electrons. The van der Waals surface area contributed by atoms with Gasteiger partial charge >= 0.3 is 5.97 Å². The number of thiophene rings is 1. The second-order valence-corrected chi connectivity index (χ2v) is 6.34. The third-order valence-electron chi connectivity index (χ3n) is 1.98. The maximum absolute atomic E-state index is 11.3. The summed E-state index contributed by atoms with van der Waals surface area (Å²) in [6.45, 7) is 0. The summed E-state index contributed by atoms with van der Waals surface area (Å²) >= 11 is 1.01. The zero-order valence-corrected chi connectivity index (χ0v) is 9.80. The SMILES string of the molecule is CS(=O)(=O)c1cnc2cc(C(=O)O)sc2c1. The summed E-state index contributed by atoms with van der Waals surface area (Å²) in [7, 11) is -3.31. The molecule has 0 aliphatic carbocycles. The summed E-state index contributed by atoms with van der Waals surface area (Å²) in [5.74, 6) is -1.04. The molecule has 0 spiro atoms. The van der Waals surface area contributed by atoms with Crippen molar-refractivity contribution in [2.24, 2.45) is 0 Å². The van der Waals surface area contributed by atoms with Gasteiger partial charge in [-0.05, 0) is 12.1 Å². The van der Waals surface area contributed by atoms with Crippen LogP contribution in [0.25, 0.3) is 10.2 Å². The Labute approximate surface area is 95.3 Å². The Morgan fingerprint density at radius 2 is 2.12 bits per heavy atom. The van der Waals surface area contributed by atoms with E-state index in [0.717, 1.165) is 17.6 Å². The van der Waals surface area contributed by atoms with Gasteiger partial charge in [0, 0.05) is 12.5 Å². The first-order valence-corrected chi connectivity index (χ1v) is 6.91. The molecule has 0 aromatic carbocycles. The molecule has 0 aliphatic rings. The van der Waals surface area contributed by atoms with E-state index in [1.54, 1.807) is 0 Å². The highest BCUT2D eigenvalue weighted by Crippen LogP contribution is 2.26. The van der Waals surface area contributed by atoms with Crippen LogP contribution in [0.15, 0.2) is 23.2 Å². The normalized spacial score (nSPS) is 11.8. The highest BCUT2D eigenvalue weighted by Gasteiger charge is 2.13. The summed E-state index contributed by atoms with van der Waals surface area (Å²) in [5.41, 5.74) is 0.495. The van der Waals surface area contributed by atoms with E-state index in [0.29, 0.717) is 10.2 Å². The van der Waals surface area contributed by atoms with Crippen molar-refractivity contribution < 1.29 is 18.3 Å². The molecular formula is C9H7NO4S2. The summed E-state index contributed by atoms with van der Waals surface area (Å²) in [6, 6.07) is 2.86. The summed E-state index contributed by atoms with van der Waals surface area (Å²) in [5, 5.41) is 8.78. The Balaban J connectivity index is 2.67. The molecule has 16 heavy (non-hydrogen) atoms. The lowest BCUT2D eigenvalue weighted by Crippen LogP contribution is -1.96. The van der Waals surface area contributed by atoms with Crippen LogP contribution in [0.2, 0.25) is 0 Å². The van der Waals surface area contributed by atoms with E-state index in [4.69, 9.17) is 5.11 Å². The maximum atomic E-state index is 11.3. The number of aromatic carboxylic acids is 1.